The summed E-state index contributed by atoms with van der Waals surface area (Å²) in [7, 11) is 0. The molecule has 2 amide bonds. The highest BCUT2D eigenvalue weighted by Crippen LogP contribution is 2.21. The van der Waals surface area contributed by atoms with Gasteiger partial charge in [0.1, 0.15) is 11.6 Å². The first-order chi connectivity index (χ1) is 15.2. The van der Waals surface area contributed by atoms with Crippen molar-refractivity contribution in [2.45, 2.75) is 52.3 Å². The summed E-state index contributed by atoms with van der Waals surface area (Å²) in [6.07, 6.45) is 4.69. The number of nitrogens with zero attached hydrogens (tertiary/aromatic N) is 3. The summed E-state index contributed by atoms with van der Waals surface area (Å²) < 4.78 is 7.20. The van der Waals surface area contributed by atoms with E-state index < -0.39 is 17.7 Å². The number of aromatic nitrogens is 3. The van der Waals surface area contributed by atoms with Crippen molar-refractivity contribution in [1.82, 2.24) is 20.1 Å². The van der Waals surface area contributed by atoms with Gasteiger partial charge in [0.25, 0.3) is 0 Å². The molecule has 0 radical (unpaired) electrons. The Morgan fingerprint density at radius 2 is 1.88 bits per heavy atom. The zero-order chi connectivity index (χ0) is 23.1. The molecule has 0 aliphatic rings. The number of ether oxygens (including phenoxy) is 1. The fourth-order valence-electron chi connectivity index (χ4n) is 3.22. The van der Waals surface area contributed by atoms with E-state index in [2.05, 4.69) is 20.7 Å². The summed E-state index contributed by atoms with van der Waals surface area (Å²) in [6, 6.07) is 12.4. The van der Waals surface area contributed by atoms with Crippen LogP contribution in [0.4, 0.5) is 10.5 Å². The maximum Gasteiger partial charge on any atom is 0.408 e. The van der Waals surface area contributed by atoms with Crippen molar-refractivity contribution in [3.63, 3.8) is 0 Å². The van der Waals surface area contributed by atoms with Crippen LogP contribution in [0.15, 0.2) is 61.1 Å². The van der Waals surface area contributed by atoms with Crippen molar-refractivity contribution >= 4 is 17.7 Å². The smallest absolute Gasteiger partial charge is 0.408 e. The number of carbonyl (C=O) groups is 2. The Morgan fingerprint density at radius 1 is 1.12 bits per heavy atom. The summed E-state index contributed by atoms with van der Waals surface area (Å²) in [6.45, 7) is 8.05. The second-order valence-corrected chi connectivity index (χ2v) is 8.37. The lowest BCUT2D eigenvalue weighted by Gasteiger charge is -2.23. The van der Waals surface area contributed by atoms with Crippen LogP contribution in [0, 0.1) is 0 Å². The average molecular weight is 436 g/mol. The number of rotatable bonds is 7. The van der Waals surface area contributed by atoms with Crippen LogP contribution in [-0.4, -0.2) is 38.4 Å². The highest BCUT2D eigenvalue weighted by molar-refractivity contribution is 5.97. The molecular weight excluding hydrogens is 406 g/mol. The Morgan fingerprint density at radius 3 is 2.56 bits per heavy atom. The van der Waals surface area contributed by atoms with E-state index in [4.69, 9.17) is 4.74 Å². The topological polar surface area (TPSA) is 98.1 Å². The molecule has 0 fully saturated rings. The summed E-state index contributed by atoms with van der Waals surface area (Å²) >= 11 is 0. The lowest BCUT2D eigenvalue weighted by molar-refractivity contribution is -0.118. The van der Waals surface area contributed by atoms with Crippen molar-refractivity contribution in [3.05, 3.63) is 66.6 Å². The standard InChI is InChI=1S/C24H29N5O3/c1-5-29-21(11-12-26-29)18-14-19(16-25-15-18)27-22(30)20(13-17-9-7-6-8-10-17)28-23(31)32-24(2,3)4/h6-12,14-16,20H,5,13H2,1-4H3,(H,27,30)(H,28,31). The monoisotopic (exact) mass is 435 g/mol. The molecule has 168 valence electrons. The van der Waals surface area contributed by atoms with Crippen molar-refractivity contribution in [3.8, 4) is 11.3 Å². The number of pyridine rings is 1. The first kappa shape index (κ1) is 23.0. The van der Waals surface area contributed by atoms with Crippen LogP contribution >= 0.6 is 0 Å². The number of nitrogens with one attached hydrogen (secondary N) is 2. The number of benzene rings is 1. The zero-order valence-corrected chi connectivity index (χ0v) is 18.8. The lowest BCUT2D eigenvalue weighted by Crippen LogP contribution is -2.47. The van der Waals surface area contributed by atoms with Crippen LogP contribution in [0.5, 0.6) is 0 Å². The molecule has 1 unspecified atom stereocenters. The van der Waals surface area contributed by atoms with Gasteiger partial charge >= 0.3 is 6.09 Å². The number of aryl methyl sites for hydroxylation is 1. The summed E-state index contributed by atoms with van der Waals surface area (Å²) in [5.74, 6) is -0.359. The fourth-order valence-corrected chi connectivity index (χ4v) is 3.22. The zero-order valence-electron chi connectivity index (χ0n) is 18.8. The third kappa shape index (κ3) is 6.41. The van der Waals surface area contributed by atoms with E-state index in [0.29, 0.717) is 12.1 Å². The largest absolute Gasteiger partial charge is 0.444 e. The number of anilines is 1. The minimum Gasteiger partial charge on any atom is -0.444 e. The van der Waals surface area contributed by atoms with Crippen molar-refractivity contribution < 1.29 is 14.3 Å². The third-order valence-corrected chi connectivity index (χ3v) is 4.61. The first-order valence-electron chi connectivity index (χ1n) is 10.6. The van der Waals surface area contributed by atoms with Crippen molar-refractivity contribution in [2.75, 3.05) is 5.32 Å². The molecule has 8 heteroatoms. The van der Waals surface area contributed by atoms with Gasteiger partial charge in [-0.1, -0.05) is 30.3 Å². The molecule has 0 saturated carbocycles. The number of hydrogen-bond acceptors (Lipinski definition) is 5. The van der Waals surface area contributed by atoms with E-state index in [-0.39, 0.29) is 5.91 Å². The van der Waals surface area contributed by atoms with E-state index in [1.165, 1.54) is 0 Å². The molecule has 8 nitrogen and oxygen atoms in total. The predicted octanol–water partition coefficient (Wildman–Crippen LogP) is 4.04. The van der Waals surface area contributed by atoms with Gasteiger partial charge in [-0.15, -0.1) is 0 Å². The molecule has 3 rings (SSSR count). The number of alkyl carbamates (subject to hydrolysis) is 1. The van der Waals surface area contributed by atoms with Gasteiger partial charge in [0, 0.05) is 30.9 Å². The Hall–Kier alpha value is -3.68. The van der Waals surface area contributed by atoms with E-state index in [1.54, 1.807) is 39.4 Å². The van der Waals surface area contributed by atoms with Crippen LogP contribution in [-0.2, 0) is 22.5 Å². The number of hydrogen-bond donors (Lipinski definition) is 2. The van der Waals surface area contributed by atoms with Crippen LogP contribution in [0.3, 0.4) is 0 Å². The molecule has 0 aliphatic heterocycles. The normalized spacial score (nSPS) is 12.1. The molecule has 1 atom stereocenters. The molecule has 32 heavy (non-hydrogen) atoms. The summed E-state index contributed by atoms with van der Waals surface area (Å²) in [5.41, 5.74) is 2.52. The minimum atomic E-state index is -0.822. The maximum absolute atomic E-state index is 13.1. The van der Waals surface area contributed by atoms with Gasteiger partial charge in [0.15, 0.2) is 0 Å². The maximum atomic E-state index is 13.1. The molecule has 3 aromatic rings. The summed E-state index contributed by atoms with van der Waals surface area (Å²) in [5, 5.41) is 9.84. The Balaban J connectivity index is 1.78. The molecular formula is C24H29N5O3. The third-order valence-electron chi connectivity index (χ3n) is 4.61. The molecule has 1 aromatic carbocycles. The SMILES string of the molecule is CCn1nccc1-c1cncc(NC(=O)C(Cc2ccccc2)NC(=O)OC(C)(C)C)c1. The Kier molecular flexibility index (Phi) is 7.25. The van der Waals surface area contributed by atoms with Crippen LogP contribution in [0.2, 0.25) is 0 Å². The van der Waals surface area contributed by atoms with Gasteiger partial charge in [-0.05, 0) is 45.4 Å². The lowest BCUT2D eigenvalue weighted by atomic mass is 10.1. The van der Waals surface area contributed by atoms with Crippen molar-refractivity contribution in [2.24, 2.45) is 0 Å². The average Bonchev–Trinajstić information content (AvgIpc) is 3.22. The van der Waals surface area contributed by atoms with Gasteiger partial charge in [-0.2, -0.15) is 5.10 Å². The van der Waals surface area contributed by atoms with Gasteiger partial charge < -0.3 is 15.4 Å². The first-order valence-corrected chi connectivity index (χ1v) is 10.6. The molecule has 2 aromatic heterocycles. The second kappa shape index (κ2) is 10.1. The molecule has 2 N–H and O–H groups in total. The van der Waals surface area contributed by atoms with Gasteiger partial charge in [-0.25, -0.2) is 4.79 Å². The molecule has 0 aliphatic carbocycles. The number of carbonyl (C=O) groups excluding carboxylic acids is 2. The van der Waals surface area contributed by atoms with Crippen LogP contribution < -0.4 is 10.6 Å². The molecule has 0 spiro atoms. The summed E-state index contributed by atoms with van der Waals surface area (Å²) in [4.78, 5) is 29.7. The van der Waals surface area contributed by atoms with E-state index in [1.807, 2.05) is 54.1 Å². The second-order valence-electron chi connectivity index (χ2n) is 8.37. The number of amides is 2. The quantitative estimate of drug-likeness (QED) is 0.584. The molecule has 2 heterocycles. The molecule has 0 bridgehead atoms. The van der Waals surface area contributed by atoms with Gasteiger partial charge in [-0.3, -0.25) is 14.5 Å². The van der Waals surface area contributed by atoms with Crippen LogP contribution in [0.1, 0.15) is 33.3 Å². The highest BCUT2D eigenvalue weighted by Gasteiger charge is 2.25. The van der Waals surface area contributed by atoms with Crippen LogP contribution in [0.25, 0.3) is 11.3 Å². The van der Waals surface area contributed by atoms with E-state index in [0.717, 1.165) is 23.4 Å². The molecule has 0 saturated heterocycles. The van der Waals surface area contributed by atoms with Gasteiger partial charge in [0.2, 0.25) is 5.91 Å². The van der Waals surface area contributed by atoms with Crippen molar-refractivity contribution in [1.29, 1.82) is 0 Å². The Labute approximate surface area is 188 Å². The van der Waals surface area contributed by atoms with E-state index >= 15 is 0 Å². The minimum absolute atomic E-state index is 0.321. The predicted molar refractivity (Wildman–Crippen MR) is 123 cm³/mol. The Bertz CT molecular complexity index is 1060. The fraction of sp³-hybridized carbons (Fsp3) is 0.333. The highest BCUT2D eigenvalue weighted by atomic mass is 16.6. The van der Waals surface area contributed by atoms with Gasteiger partial charge in [0.05, 0.1) is 17.6 Å². The van der Waals surface area contributed by atoms with E-state index in [9.17, 15) is 9.59 Å².